The average molecular weight is 691 g/mol. The fourth-order valence-electron chi connectivity index (χ4n) is 5.39. The van der Waals surface area contributed by atoms with Gasteiger partial charge in [-0.25, -0.2) is 0 Å². The van der Waals surface area contributed by atoms with Gasteiger partial charge in [0.1, 0.15) is 80.9 Å². The van der Waals surface area contributed by atoms with Crippen LogP contribution in [0.1, 0.15) is 16.7 Å². The molecule has 0 unspecified atom stereocenters. The van der Waals surface area contributed by atoms with Crippen LogP contribution in [-0.4, -0.2) is 0 Å². The lowest BCUT2D eigenvalue weighted by Gasteiger charge is -2.14. The highest BCUT2D eigenvalue weighted by molar-refractivity contribution is 6.32. The van der Waals surface area contributed by atoms with E-state index in [1.807, 2.05) is 60.7 Å². The minimum atomic E-state index is 0.205. The van der Waals surface area contributed by atoms with E-state index in [4.69, 9.17) is 42.1 Å². The molecular formula is C41H21Cl2N3O4. The first-order chi connectivity index (χ1) is 24.4. The summed E-state index contributed by atoms with van der Waals surface area (Å²) in [6, 6.07) is 43.8. The predicted molar refractivity (Wildman–Crippen MR) is 192 cm³/mol. The van der Waals surface area contributed by atoms with Crippen molar-refractivity contribution in [2.75, 3.05) is 0 Å². The Morgan fingerprint density at radius 2 is 0.800 bits per heavy atom. The lowest BCUT2D eigenvalue weighted by molar-refractivity contribution is 0.457. The summed E-state index contributed by atoms with van der Waals surface area (Å²) in [6.45, 7) is 0. The van der Waals surface area contributed by atoms with Crippen LogP contribution < -0.4 is 18.9 Å². The molecule has 7 rings (SSSR count). The molecular weight excluding hydrogens is 669 g/mol. The van der Waals surface area contributed by atoms with Gasteiger partial charge < -0.3 is 18.9 Å². The van der Waals surface area contributed by atoms with E-state index in [0.717, 1.165) is 21.5 Å². The first kappa shape index (κ1) is 31.9. The van der Waals surface area contributed by atoms with Gasteiger partial charge in [-0.15, -0.1) is 0 Å². The van der Waals surface area contributed by atoms with Gasteiger partial charge in [0.15, 0.2) is 0 Å². The molecule has 0 N–H and O–H groups in total. The molecule has 7 aromatic carbocycles. The molecule has 9 heteroatoms. The molecule has 0 saturated heterocycles. The van der Waals surface area contributed by atoms with Gasteiger partial charge in [-0.1, -0.05) is 71.7 Å². The van der Waals surface area contributed by atoms with Gasteiger partial charge >= 0.3 is 0 Å². The lowest BCUT2D eigenvalue weighted by Crippen LogP contribution is -1.94. The molecule has 0 aliphatic carbocycles. The molecule has 0 spiro atoms. The van der Waals surface area contributed by atoms with Gasteiger partial charge in [-0.3, -0.25) is 0 Å². The molecule has 50 heavy (non-hydrogen) atoms. The second kappa shape index (κ2) is 13.8. The summed E-state index contributed by atoms with van der Waals surface area (Å²) in [4.78, 5) is 0. The maximum atomic E-state index is 10.2. The van der Waals surface area contributed by atoms with Crippen LogP contribution in [-0.2, 0) is 0 Å². The van der Waals surface area contributed by atoms with Crippen molar-refractivity contribution in [2.45, 2.75) is 0 Å². The molecule has 0 aliphatic rings. The molecule has 0 heterocycles. The standard InChI is InChI=1S/C41H21Cl2N3O4/c42-35-6-2-9-38(32(35)22-44)47-28-16-13-25-14-17-29(20-27(25)19-28)48-40-11-4-12-41(34(40)24-46)49-30-18-15-26-5-1-8-37(31(26)21-30)50-39-10-3-7-36(43)33(39)23-45/h1-21H. The van der Waals surface area contributed by atoms with E-state index >= 15 is 0 Å². The van der Waals surface area contributed by atoms with Crippen molar-refractivity contribution in [2.24, 2.45) is 0 Å². The number of hydrogen-bond acceptors (Lipinski definition) is 7. The molecule has 0 aromatic heterocycles. The Balaban J connectivity index is 1.16. The third-order valence-electron chi connectivity index (χ3n) is 7.77. The van der Waals surface area contributed by atoms with E-state index in [1.54, 1.807) is 66.7 Å². The zero-order chi connectivity index (χ0) is 34.6. The summed E-state index contributed by atoms with van der Waals surface area (Å²) in [6.07, 6.45) is 0. The summed E-state index contributed by atoms with van der Waals surface area (Å²) < 4.78 is 24.6. The zero-order valence-electron chi connectivity index (χ0n) is 25.9. The minimum Gasteiger partial charge on any atom is -0.456 e. The summed E-state index contributed by atoms with van der Waals surface area (Å²) in [7, 11) is 0. The number of rotatable bonds is 8. The molecule has 0 radical (unpaired) electrons. The Morgan fingerprint density at radius 1 is 0.380 bits per heavy atom. The molecule has 0 fully saturated rings. The number of halogens is 2. The van der Waals surface area contributed by atoms with Crippen LogP contribution in [0.15, 0.2) is 127 Å². The number of hydrogen-bond donors (Lipinski definition) is 0. The van der Waals surface area contributed by atoms with Crippen molar-refractivity contribution in [3.63, 3.8) is 0 Å². The quantitative estimate of drug-likeness (QED) is 0.156. The Morgan fingerprint density at radius 3 is 1.34 bits per heavy atom. The van der Waals surface area contributed by atoms with E-state index in [9.17, 15) is 15.8 Å². The number of benzene rings is 7. The zero-order valence-corrected chi connectivity index (χ0v) is 27.4. The smallest absolute Gasteiger partial charge is 0.149 e. The van der Waals surface area contributed by atoms with Crippen LogP contribution in [0.5, 0.6) is 46.0 Å². The van der Waals surface area contributed by atoms with Crippen LogP contribution >= 0.6 is 23.2 Å². The maximum absolute atomic E-state index is 10.2. The largest absolute Gasteiger partial charge is 0.456 e. The van der Waals surface area contributed by atoms with Gasteiger partial charge in [0.05, 0.1) is 10.0 Å². The molecule has 0 amide bonds. The van der Waals surface area contributed by atoms with Crippen LogP contribution in [0.2, 0.25) is 10.0 Å². The van der Waals surface area contributed by atoms with E-state index in [0.29, 0.717) is 56.0 Å². The van der Waals surface area contributed by atoms with Gasteiger partial charge in [0.2, 0.25) is 0 Å². The van der Waals surface area contributed by atoms with Crippen molar-refractivity contribution in [1.29, 1.82) is 15.8 Å². The molecule has 7 nitrogen and oxygen atoms in total. The molecule has 0 atom stereocenters. The monoisotopic (exact) mass is 689 g/mol. The first-order valence-corrected chi connectivity index (χ1v) is 15.9. The number of nitrogens with zero attached hydrogens (tertiary/aromatic N) is 3. The van der Waals surface area contributed by atoms with Crippen LogP contribution in [0.4, 0.5) is 0 Å². The highest BCUT2D eigenvalue weighted by atomic mass is 35.5. The molecule has 0 bridgehead atoms. The first-order valence-electron chi connectivity index (χ1n) is 15.1. The fourth-order valence-corrected chi connectivity index (χ4v) is 5.81. The van der Waals surface area contributed by atoms with E-state index in [-0.39, 0.29) is 16.7 Å². The molecule has 7 aromatic rings. The Hall–Kier alpha value is -6.69. The van der Waals surface area contributed by atoms with Crippen molar-refractivity contribution in [3.8, 4) is 64.2 Å². The van der Waals surface area contributed by atoms with E-state index < -0.39 is 0 Å². The van der Waals surface area contributed by atoms with Crippen LogP contribution in [0.3, 0.4) is 0 Å². The second-order valence-electron chi connectivity index (χ2n) is 10.9. The average Bonchev–Trinajstić information content (AvgIpc) is 3.12. The van der Waals surface area contributed by atoms with E-state index in [1.165, 1.54) is 0 Å². The second-order valence-corrected chi connectivity index (χ2v) is 11.7. The third-order valence-corrected chi connectivity index (χ3v) is 8.40. The van der Waals surface area contributed by atoms with E-state index in [2.05, 4.69) is 18.2 Å². The van der Waals surface area contributed by atoms with Gasteiger partial charge in [0.25, 0.3) is 0 Å². The molecule has 0 saturated carbocycles. The summed E-state index contributed by atoms with van der Waals surface area (Å²) in [5.74, 6) is 3.28. The van der Waals surface area contributed by atoms with Gasteiger partial charge in [0, 0.05) is 5.39 Å². The topological polar surface area (TPSA) is 108 Å². The summed E-state index contributed by atoms with van der Waals surface area (Å²) in [5, 5.41) is 33.3. The highest BCUT2D eigenvalue weighted by Crippen LogP contribution is 2.39. The lowest BCUT2D eigenvalue weighted by atomic mass is 10.1. The SMILES string of the molecule is N#Cc1c(Cl)cccc1Oc1ccc2ccc(Oc3cccc(Oc4ccc5cccc(Oc6cccc(Cl)c6C#N)c5c4)c3C#N)cc2c1. The maximum Gasteiger partial charge on any atom is 0.149 e. The van der Waals surface area contributed by atoms with Gasteiger partial charge in [-0.05, 0) is 95.0 Å². The van der Waals surface area contributed by atoms with Gasteiger partial charge in [-0.2, -0.15) is 15.8 Å². The van der Waals surface area contributed by atoms with Crippen LogP contribution in [0.25, 0.3) is 21.5 Å². The third kappa shape index (κ3) is 6.41. The van der Waals surface area contributed by atoms with Crippen molar-refractivity contribution >= 4 is 44.7 Å². The predicted octanol–water partition coefficient (Wildman–Crippen LogP) is 12.1. The number of fused-ring (bicyclic) bond motifs is 2. The van der Waals surface area contributed by atoms with Crippen molar-refractivity contribution < 1.29 is 18.9 Å². The minimum absolute atomic E-state index is 0.205. The Labute approximate surface area is 296 Å². The molecule has 238 valence electrons. The summed E-state index contributed by atoms with van der Waals surface area (Å²) >= 11 is 12.4. The number of ether oxygens (including phenoxy) is 4. The van der Waals surface area contributed by atoms with Crippen molar-refractivity contribution in [3.05, 3.63) is 154 Å². The number of nitriles is 3. The Kier molecular flexibility index (Phi) is 8.81. The molecule has 0 aliphatic heterocycles. The highest BCUT2D eigenvalue weighted by Gasteiger charge is 2.16. The Bertz CT molecular complexity index is 2580. The van der Waals surface area contributed by atoms with Crippen molar-refractivity contribution in [1.82, 2.24) is 0 Å². The normalized spacial score (nSPS) is 10.5. The van der Waals surface area contributed by atoms with Crippen LogP contribution in [0, 0.1) is 34.0 Å². The fraction of sp³-hybridized carbons (Fsp3) is 0. The summed E-state index contributed by atoms with van der Waals surface area (Å²) in [5.41, 5.74) is 0.694.